The lowest BCUT2D eigenvalue weighted by atomic mass is 10.1. The molecule has 0 atom stereocenters. The average Bonchev–Trinajstić information content (AvgIpc) is 2.98. The van der Waals surface area contributed by atoms with Crippen molar-refractivity contribution in [2.24, 2.45) is 0 Å². The number of aliphatic hydroxyl groups excluding tert-OH is 1. The lowest BCUT2D eigenvalue weighted by Gasteiger charge is -2.19. The zero-order chi connectivity index (χ0) is 15.5. The van der Waals surface area contributed by atoms with Crippen molar-refractivity contribution in [1.29, 1.82) is 0 Å². The van der Waals surface area contributed by atoms with E-state index in [-0.39, 0.29) is 11.5 Å². The normalized spacial score (nSPS) is 12.0. The monoisotopic (exact) mass is 325 g/mol. The highest BCUT2D eigenvalue weighted by Crippen LogP contribution is 2.22. The van der Waals surface area contributed by atoms with Crippen molar-refractivity contribution in [2.45, 2.75) is 24.8 Å². The molecular weight excluding hydrogens is 306 g/mol. The maximum absolute atomic E-state index is 12.6. The van der Waals surface area contributed by atoms with Crippen LogP contribution in [-0.2, 0) is 23.1 Å². The van der Waals surface area contributed by atoms with Crippen molar-refractivity contribution < 1.29 is 13.5 Å². The SMILES string of the molecule is Cc1c(CO)cccc1S(=O)(=O)N(C)CCc1cccs1. The highest BCUT2D eigenvalue weighted by molar-refractivity contribution is 7.89. The molecule has 0 unspecified atom stereocenters. The maximum Gasteiger partial charge on any atom is 0.243 e. The van der Waals surface area contributed by atoms with Gasteiger partial charge >= 0.3 is 0 Å². The van der Waals surface area contributed by atoms with Gasteiger partial charge in [-0.15, -0.1) is 11.3 Å². The molecule has 0 saturated heterocycles. The number of hydrogen-bond acceptors (Lipinski definition) is 4. The minimum absolute atomic E-state index is 0.159. The van der Waals surface area contributed by atoms with Gasteiger partial charge in [0.15, 0.2) is 0 Å². The Morgan fingerprint density at radius 1 is 1.24 bits per heavy atom. The van der Waals surface area contributed by atoms with E-state index in [0.29, 0.717) is 24.1 Å². The van der Waals surface area contributed by atoms with Gasteiger partial charge in [-0.2, -0.15) is 0 Å². The van der Waals surface area contributed by atoms with Gasteiger partial charge in [0, 0.05) is 18.5 Å². The predicted octanol–water partition coefficient (Wildman–Crippen LogP) is 2.41. The second kappa shape index (κ2) is 6.70. The number of hydrogen-bond donors (Lipinski definition) is 1. The van der Waals surface area contributed by atoms with Crippen LogP contribution in [-0.4, -0.2) is 31.4 Å². The third kappa shape index (κ3) is 3.52. The molecule has 2 rings (SSSR count). The third-order valence-electron chi connectivity index (χ3n) is 3.51. The van der Waals surface area contributed by atoms with E-state index in [4.69, 9.17) is 0 Å². The summed E-state index contributed by atoms with van der Waals surface area (Å²) in [4.78, 5) is 1.43. The van der Waals surface area contributed by atoms with Crippen molar-refractivity contribution >= 4 is 21.4 Å². The molecular formula is C15H19NO3S2. The van der Waals surface area contributed by atoms with E-state index in [1.165, 1.54) is 4.31 Å². The van der Waals surface area contributed by atoms with Crippen LogP contribution in [0.4, 0.5) is 0 Å². The first-order valence-electron chi connectivity index (χ1n) is 6.65. The highest BCUT2D eigenvalue weighted by atomic mass is 32.2. The van der Waals surface area contributed by atoms with E-state index in [1.54, 1.807) is 43.5 Å². The molecule has 114 valence electrons. The van der Waals surface area contributed by atoms with E-state index >= 15 is 0 Å². The van der Waals surface area contributed by atoms with Gasteiger partial charge in [0.1, 0.15) is 0 Å². The van der Waals surface area contributed by atoms with Gasteiger partial charge in [-0.05, 0) is 42.0 Å². The fraction of sp³-hybridized carbons (Fsp3) is 0.333. The Balaban J connectivity index is 2.21. The molecule has 0 aliphatic rings. The number of benzene rings is 1. The van der Waals surface area contributed by atoms with E-state index < -0.39 is 10.0 Å². The van der Waals surface area contributed by atoms with Gasteiger partial charge in [-0.3, -0.25) is 0 Å². The van der Waals surface area contributed by atoms with Crippen LogP contribution < -0.4 is 0 Å². The van der Waals surface area contributed by atoms with Gasteiger partial charge in [0.05, 0.1) is 11.5 Å². The van der Waals surface area contributed by atoms with Gasteiger partial charge in [-0.1, -0.05) is 18.2 Å². The molecule has 1 aromatic heterocycles. The zero-order valence-electron chi connectivity index (χ0n) is 12.1. The molecule has 1 aromatic carbocycles. The lowest BCUT2D eigenvalue weighted by molar-refractivity contribution is 0.280. The largest absolute Gasteiger partial charge is 0.392 e. The lowest BCUT2D eigenvalue weighted by Crippen LogP contribution is -2.29. The minimum atomic E-state index is -3.53. The Bertz CT molecular complexity index is 694. The van der Waals surface area contributed by atoms with Crippen LogP contribution in [0.15, 0.2) is 40.6 Å². The molecule has 1 N–H and O–H groups in total. The molecule has 0 amide bonds. The first-order chi connectivity index (χ1) is 9.96. The molecule has 6 heteroatoms. The Hall–Kier alpha value is -1.21. The molecule has 0 spiro atoms. The van der Waals surface area contributed by atoms with Crippen LogP contribution in [0.3, 0.4) is 0 Å². The Labute approximate surface area is 129 Å². The molecule has 0 aliphatic carbocycles. The second-order valence-electron chi connectivity index (χ2n) is 4.85. The van der Waals surface area contributed by atoms with Gasteiger partial charge in [-0.25, -0.2) is 12.7 Å². The Kier molecular flexibility index (Phi) is 5.16. The summed E-state index contributed by atoms with van der Waals surface area (Å²) in [6.07, 6.45) is 0.701. The summed E-state index contributed by atoms with van der Waals surface area (Å²) in [6, 6.07) is 8.95. The number of aliphatic hydroxyl groups is 1. The fourth-order valence-corrected chi connectivity index (χ4v) is 4.26. The Morgan fingerprint density at radius 2 is 2.00 bits per heavy atom. The molecule has 21 heavy (non-hydrogen) atoms. The summed E-state index contributed by atoms with van der Waals surface area (Å²) < 4.78 is 26.6. The number of thiophene rings is 1. The Morgan fingerprint density at radius 3 is 2.62 bits per heavy atom. The summed E-state index contributed by atoms with van der Waals surface area (Å²) in [5.41, 5.74) is 1.26. The first-order valence-corrected chi connectivity index (χ1v) is 8.97. The van der Waals surface area contributed by atoms with Crippen LogP contribution >= 0.6 is 11.3 Å². The summed E-state index contributed by atoms with van der Waals surface area (Å²) in [7, 11) is -1.94. The molecule has 0 saturated carbocycles. The van der Waals surface area contributed by atoms with Gasteiger partial charge in [0.25, 0.3) is 0 Å². The summed E-state index contributed by atoms with van der Waals surface area (Å²) in [5.74, 6) is 0. The molecule has 4 nitrogen and oxygen atoms in total. The number of likely N-dealkylation sites (N-methyl/N-ethyl adjacent to an activating group) is 1. The molecule has 2 aromatic rings. The number of sulfonamides is 1. The van der Waals surface area contributed by atoms with Gasteiger partial charge in [0.2, 0.25) is 10.0 Å². The van der Waals surface area contributed by atoms with Crippen molar-refractivity contribution in [2.75, 3.05) is 13.6 Å². The van der Waals surface area contributed by atoms with Crippen LogP contribution in [0.5, 0.6) is 0 Å². The summed E-state index contributed by atoms with van der Waals surface area (Å²) in [5, 5.41) is 11.3. The van der Waals surface area contributed by atoms with Crippen LogP contribution in [0.2, 0.25) is 0 Å². The molecule has 1 heterocycles. The first kappa shape index (κ1) is 16.2. The summed E-state index contributed by atoms with van der Waals surface area (Å²) >= 11 is 1.63. The average molecular weight is 325 g/mol. The molecule has 0 fully saturated rings. The van der Waals surface area contributed by atoms with E-state index in [9.17, 15) is 13.5 Å². The zero-order valence-corrected chi connectivity index (χ0v) is 13.7. The summed E-state index contributed by atoms with van der Waals surface area (Å²) in [6.45, 7) is 2.01. The fourth-order valence-electron chi connectivity index (χ4n) is 2.12. The van der Waals surface area contributed by atoms with Crippen molar-refractivity contribution in [3.05, 3.63) is 51.7 Å². The molecule has 0 bridgehead atoms. The standard InChI is InChI=1S/C15H19NO3S2/c1-12-13(11-17)5-3-7-15(12)21(18,19)16(2)9-8-14-6-4-10-20-14/h3-7,10,17H,8-9,11H2,1-2H3. The second-order valence-corrected chi connectivity index (χ2v) is 7.90. The highest BCUT2D eigenvalue weighted by Gasteiger charge is 2.23. The van der Waals surface area contributed by atoms with Crippen LogP contribution in [0.1, 0.15) is 16.0 Å². The molecule has 0 aliphatic heterocycles. The van der Waals surface area contributed by atoms with Crippen molar-refractivity contribution in [3.63, 3.8) is 0 Å². The smallest absolute Gasteiger partial charge is 0.243 e. The maximum atomic E-state index is 12.6. The van der Waals surface area contributed by atoms with Gasteiger partial charge < -0.3 is 5.11 Å². The topological polar surface area (TPSA) is 57.6 Å². The molecule has 0 radical (unpaired) electrons. The van der Waals surface area contributed by atoms with Crippen molar-refractivity contribution in [1.82, 2.24) is 4.31 Å². The third-order valence-corrected chi connectivity index (χ3v) is 6.45. The number of nitrogens with zero attached hydrogens (tertiary/aromatic N) is 1. The van der Waals surface area contributed by atoms with E-state index in [2.05, 4.69) is 0 Å². The van der Waals surface area contributed by atoms with Crippen molar-refractivity contribution in [3.8, 4) is 0 Å². The quantitative estimate of drug-likeness (QED) is 0.887. The minimum Gasteiger partial charge on any atom is -0.392 e. The van der Waals surface area contributed by atoms with Crippen LogP contribution in [0, 0.1) is 6.92 Å². The van der Waals surface area contributed by atoms with Crippen LogP contribution in [0.25, 0.3) is 0 Å². The predicted molar refractivity (Wildman–Crippen MR) is 84.9 cm³/mol. The number of rotatable bonds is 6. The van der Waals surface area contributed by atoms with E-state index in [0.717, 1.165) is 4.88 Å². The van der Waals surface area contributed by atoms with E-state index in [1.807, 2.05) is 17.5 Å².